The van der Waals surface area contributed by atoms with Crippen LogP contribution in [0.2, 0.25) is 10.0 Å². The van der Waals surface area contributed by atoms with Crippen molar-refractivity contribution in [3.63, 3.8) is 0 Å². The van der Waals surface area contributed by atoms with Crippen LogP contribution in [0.5, 0.6) is 5.75 Å². The number of nitrogens with one attached hydrogen (secondary N) is 1. The second-order valence-electron chi connectivity index (χ2n) is 5.61. The van der Waals surface area contributed by atoms with Crippen LogP contribution in [0.4, 0.5) is 11.4 Å². The Morgan fingerprint density at radius 2 is 2.00 bits per heavy atom. The van der Waals surface area contributed by atoms with E-state index in [1.165, 1.54) is 6.07 Å². The quantitative estimate of drug-likeness (QED) is 0.858. The average molecular weight is 379 g/mol. The van der Waals surface area contributed by atoms with Gasteiger partial charge in [0.05, 0.1) is 23.4 Å². The molecule has 0 aromatic heterocycles. The molecule has 3 rings (SSSR count). The molecular formula is C18H16Cl2N2O3. The fourth-order valence-electron chi connectivity index (χ4n) is 2.75. The molecule has 1 saturated heterocycles. The minimum Gasteiger partial charge on any atom is -0.495 e. The number of rotatable bonds is 4. The van der Waals surface area contributed by atoms with Crippen LogP contribution < -0.4 is 15.0 Å². The summed E-state index contributed by atoms with van der Waals surface area (Å²) in [7, 11) is 1.55. The molecular weight excluding hydrogens is 363 g/mol. The summed E-state index contributed by atoms with van der Waals surface area (Å²) in [5.74, 6) is 0.269. The molecule has 0 saturated carbocycles. The van der Waals surface area contributed by atoms with E-state index in [9.17, 15) is 9.59 Å². The molecule has 1 aliphatic heterocycles. The van der Waals surface area contributed by atoms with Crippen LogP contribution in [0.1, 0.15) is 23.2 Å². The largest absolute Gasteiger partial charge is 0.495 e. The van der Waals surface area contributed by atoms with Crippen LogP contribution in [-0.2, 0) is 4.79 Å². The summed E-state index contributed by atoms with van der Waals surface area (Å²) in [6.07, 6.45) is 1.32. The zero-order valence-corrected chi connectivity index (χ0v) is 15.0. The first-order valence-corrected chi connectivity index (χ1v) is 8.50. The first kappa shape index (κ1) is 17.6. The van der Waals surface area contributed by atoms with Crippen LogP contribution in [0, 0.1) is 0 Å². The Balaban J connectivity index is 1.87. The molecule has 1 fully saturated rings. The predicted molar refractivity (Wildman–Crippen MR) is 99.0 cm³/mol. The van der Waals surface area contributed by atoms with Gasteiger partial charge in [0.25, 0.3) is 5.91 Å². The number of ether oxygens (including phenoxy) is 1. The van der Waals surface area contributed by atoms with Gasteiger partial charge in [0.1, 0.15) is 5.75 Å². The van der Waals surface area contributed by atoms with Crippen LogP contribution in [0.15, 0.2) is 36.4 Å². The number of hydrogen-bond donors (Lipinski definition) is 1. The van der Waals surface area contributed by atoms with Crippen molar-refractivity contribution in [2.45, 2.75) is 12.8 Å². The fraction of sp³-hybridized carbons (Fsp3) is 0.222. The molecule has 1 N–H and O–H groups in total. The van der Waals surface area contributed by atoms with Crippen LogP contribution >= 0.6 is 23.2 Å². The maximum Gasteiger partial charge on any atom is 0.257 e. The van der Waals surface area contributed by atoms with Gasteiger partial charge in [0.15, 0.2) is 0 Å². The van der Waals surface area contributed by atoms with Crippen molar-refractivity contribution in [2.75, 3.05) is 23.9 Å². The molecule has 0 radical (unpaired) electrons. The zero-order chi connectivity index (χ0) is 18.0. The SMILES string of the molecule is COc1ccc(NC(=O)c2ccc(Cl)cc2Cl)cc1N1CCCC1=O. The van der Waals surface area contributed by atoms with E-state index in [1.807, 2.05) is 0 Å². The van der Waals surface area contributed by atoms with Crippen molar-refractivity contribution < 1.29 is 14.3 Å². The van der Waals surface area contributed by atoms with Crippen molar-refractivity contribution >= 4 is 46.4 Å². The number of hydrogen-bond acceptors (Lipinski definition) is 3. The molecule has 2 aromatic carbocycles. The van der Waals surface area contributed by atoms with E-state index in [0.29, 0.717) is 40.7 Å². The van der Waals surface area contributed by atoms with Crippen LogP contribution in [-0.4, -0.2) is 25.5 Å². The lowest BCUT2D eigenvalue weighted by Crippen LogP contribution is -2.24. The highest BCUT2D eigenvalue weighted by molar-refractivity contribution is 6.37. The lowest BCUT2D eigenvalue weighted by atomic mass is 10.2. The third-order valence-corrected chi connectivity index (χ3v) is 4.52. The number of halogens is 2. The first-order valence-electron chi connectivity index (χ1n) is 7.74. The summed E-state index contributed by atoms with van der Waals surface area (Å²) < 4.78 is 5.34. The van der Waals surface area contributed by atoms with E-state index in [2.05, 4.69) is 5.32 Å². The van der Waals surface area contributed by atoms with Gasteiger partial charge in [0.2, 0.25) is 5.91 Å². The molecule has 2 amide bonds. The average Bonchev–Trinajstić information content (AvgIpc) is 3.00. The van der Waals surface area contributed by atoms with Crippen molar-refractivity contribution in [2.24, 2.45) is 0 Å². The van der Waals surface area contributed by atoms with E-state index in [0.717, 1.165) is 6.42 Å². The molecule has 1 aliphatic rings. The highest BCUT2D eigenvalue weighted by Gasteiger charge is 2.25. The van der Waals surface area contributed by atoms with Crippen LogP contribution in [0.3, 0.4) is 0 Å². The third kappa shape index (κ3) is 3.72. The normalized spacial score (nSPS) is 13.9. The van der Waals surface area contributed by atoms with Gasteiger partial charge < -0.3 is 15.0 Å². The lowest BCUT2D eigenvalue weighted by Gasteiger charge is -2.20. The Hall–Kier alpha value is -2.24. The van der Waals surface area contributed by atoms with Gasteiger partial charge in [-0.25, -0.2) is 0 Å². The minimum absolute atomic E-state index is 0.0440. The summed E-state index contributed by atoms with van der Waals surface area (Å²) in [5.41, 5.74) is 1.51. The monoisotopic (exact) mass is 378 g/mol. The summed E-state index contributed by atoms with van der Waals surface area (Å²) in [6, 6.07) is 9.84. The molecule has 0 atom stereocenters. The Morgan fingerprint density at radius 3 is 2.64 bits per heavy atom. The Labute approximate surface area is 155 Å². The Bertz CT molecular complexity index is 839. The van der Waals surface area contributed by atoms with E-state index in [1.54, 1.807) is 42.3 Å². The number of nitrogens with zero attached hydrogens (tertiary/aromatic N) is 1. The van der Waals surface area contributed by atoms with E-state index in [-0.39, 0.29) is 16.8 Å². The first-order chi connectivity index (χ1) is 12.0. The second kappa shape index (κ2) is 7.33. The van der Waals surface area contributed by atoms with Gasteiger partial charge in [-0.2, -0.15) is 0 Å². The molecule has 130 valence electrons. The molecule has 1 heterocycles. The third-order valence-electron chi connectivity index (χ3n) is 3.98. The molecule has 5 nitrogen and oxygen atoms in total. The molecule has 7 heteroatoms. The van der Waals surface area contributed by atoms with Gasteiger partial charge in [-0.05, 0) is 42.8 Å². The maximum atomic E-state index is 12.4. The molecule has 0 unspecified atom stereocenters. The molecule has 25 heavy (non-hydrogen) atoms. The molecule has 0 aliphatic carbocycles. The highest BCUT2D eigenvalue weighted by Crippen LogP contribution is 2.34. The summed E-state index contributed by atoms with van der Waals surface area (Å²) in [6.45, 7) is 0.635. The lowest BCUT2D eigenvalue weighted by molar-refractivity contribution is -0.117. The Morgan fingerprint density at radius 1 is 1.20 bits per heavy atom. The number of methoxy groups -OCH3 is 1. The van der Waals surface area contributed by atoms with E-state index < -0.39 is 0 Å². The van der Waals surface area contributed by atoms with Crippen molar-refractivity contribution in [1.82, 2.24) is 0 Å². The number of benzene rings is 2. The van der Waals surface area contributed by atoms with Gasteiger partial charge in [-0.1, -0.05) is 23.2 Å². The zero-order valence-electron chi connectivity index (χ0n) is 13.5. The Kier molecular flexibility index (Phi) is 5.16. The smallest absolute Gasteiger partial charge is 0.257 e. The standard InChI is InChI=1S/C18H16Cl2N2O3/c1-25-16-7-5-12(10-15(16)22-8-2-3-17(22)23)21-18(24)13-6-4-11(19)9-14(13)20/h4-7,9-10H,2-3,8H2,1H3,(H,21,24). The highest BCUT2D eigenvalue weighted by atomic mass is 35.5. The van der Waals surface area contributed by atoms with E-state index in [4.69, 9.17) is 27.9 Å². The topological polar surface area (TPSA) is 58.6 Å². The van der Waals surface area contributed by atoms with Crippen molar-refractivity contribution in [1.29, 1.82) is 0 Å². The van der Waals surface area contributed by atoms with Gasteiger partial charge in [-0.3, -0.25) is 9.59 Å². The van der Waals surface area contributed by atoms with Crippen LogP contribution in [0.25, 0.3) is 0 Å². The van der Waals surface area contributed by atoms with Crippen molar-refractivity contribution in [3.05, 3.63) is 52.0 Å². The second-order valence-corrected chi connectivity index (χ2v) is 6.46. The molecule has 0 spiro atoms. The molecule has 0 bridgehead atoms. The summed E-state index contributed by atoms with van der Waals surface area (Å²) >= 11 is 11.9. The number of carbonyl (C=O) groups is 2. The van der Waals surface area contributed by atoms with E-state index >= 15 is 0 Å². The maximum absolute atomic E-state index is 12.4. The summed E-state index contributed by atoms with van der Waals surface area (Å²) in [4.78, 5) is 26.1. The fourth-order valence-corrected chi connectivity index (χ4v) is 3.25. The summed E-state index contributed by atoms with van der Waals surface area (Å²) in [5, 5.41) is 3.52. The van der Waals surface area contributed by atoms with Crippen molar-refractivity contribution in [3.8, 4) is 5.75 Å². The number of carbonyl (C=O) groups excluding carboxylic acids is 2. The van der Waals surface area contributed by atoms with Gasteiger partial charge in [-0.15, -0.1) is 0 Å². The number of anilines is 2. The van der Waals surface area contributed by atoms with Gasteiger partial charge >= 0.3 is 0 Å². The minimum atomic E-state index is -0.356. The molecule has 2 aromatic rings. The predicted octanol–water partition coefficient (Wildman–Crippen LogP) is 4.38. The number of amides is 2. The van der Waals surface area contributed by atoms with Gasteiger partial charge in [0, 0.05) is 23.7 Å².